The van der Waals surface area contributed by atoms with Crippen LogP contribution in [0, 0.1) is 0 Å². The summed E-state index contributed by atoms with van der Waals surface area (Å²) in [5.74, 6) is 0.316. The fraction of sp³-hybridized carbons (Fsp3) is 0.667. The van der Waals surface area contributed by atoms with Crippen LogP contribution >= 0.6 is 0 Å². The number of aliphatic hydroxyl groups excluding tert-OH is 1. The minimum absolute atomic E-state index is 0.0509. The van der Waals surface area contributed by atoms with E-state index in [1.54, 1.807) is 0 Å². The fourth-order valence-corrected chi connectivity index (χ4v) is 1.05. The van der Waals surface area contributed by atoms with Gasteiger partial charge in [-0.15, -0.1) is 0 Å². The van der Waals surface area contributed by atoms with Gasteiger partial charge in [0, 0.05) is 13.1 Å². The smallest absolute Gasteiger partial charge is 0.322 e. The number of rotatable bonds is 7. The van der Waals surface area contributed by atoms with Crippen LogP contribution < -0.4 is 15.4 Å². The topological polar surface area (TPSA) is 92.2 Å². The Morgan fingerprint density at radius 3 is 2.33 bits per heavy atom. The third-order valence-corrected chi connectivity index (χ3v) is 1.89. The van der Waals surface area contributed by atoms with E-state index in [1.807, 2.05) is 6.92 Å². The Hall–Kier alpha value is -1.77. The molecule has 0 aliphatic heterocycles. The predicted octanol–water partition coefficient (Wildman–Crippen LogP) is 0.350. The van der Waals surface area contributed by atoms with Crippen LogP contribution in [0.4, 0.5) is 20.7 Å². The molecule has 18 heavy (non-hydrogen) atoms. The zero-order valence-electron chi connectivity index (χ0n) is 10.0. The van der Waals surface area contributed by atoms with Crippen LogP contribution in [-0.4, -0.2) is 52.8 Å². The lowest BCUT2D eigenvalue weighted by molar-refractivity contribution is 0.00376. The standard InChI is InChI=1S/C9H15F2N5O2/c1-3-12-7-14-8(16-9(15-7)18-2)13-4-5(17)6(10)11/h5-6,17H,3-4H2,1-2H3,(H2,12,13,14,15,16). The van der Waals surface area contributed by atoms with Crippen molar-refractivity contribution in [2.24, 2.45) is 0 Å². The molecule has 1 unspecified atom stereocenters. The van der Waals surface area contributed by atoms with Crippen LogP contribution in [-0.2, 0) is 0 Å². The number of hydrogen-bond donors (Lipinski definition) is 3. The number of anilines is 2. The minimum Gasteiger partial charge on any atom is -0.467 e. The van der Waals surface area contributed by atoms with Gasteiger partial charge in [-0.1, -0.05) is 0 Å². The van der Waals surface area contributed by atoms with Crippen LogP contribution in [0.15, 0.2) is 0 Å². The SMILES string of the molecule is CCNc1nc(NCC(O)C(F)F)nc(OC)n1. The van der Waals surface area contributed by atoms with Crippen LogP contribution in [0.5, 0.6) is 6.01 Å². The lowest BCUT2D eigenvalue weighted by Crippen LogP contribution is -2.27. The fourth-order valence-electron chi connectivity index (χ4n) is 1.05. The van der Waals surface area contributed by atoms with Gasteiger partial charge in [0.15, 0.2) is 0 Å². The first-order valence-electron chi connectivity index (χ1n) is 5.30. The van der Waals surface area contributed by atoms with Gasteiger partial charge in [0.1, 0.15) is 6.10 Å². The summed E-state index contributed by atoms with van der Waals surface area (Å²) in [6.45, 7) is 2.08. The summed E-state index contributed by atoms with van der Waals surface area (Å²) >= 11 is 0. The maximum Gasteiger partial charge on any atom is 0.322 e. The van der Waals surface area contributed by atoms with Gasteiger partial charge >= 0.3 is 6.01 Å². The highest BCUT2D eigenvalue weighted by Crippen LogP contribution is 2.11. The summed E-state index contributed by atoms with van der Waals surface area (Å²) in [4.78, 5) is 11.6. The maximum atomic E-state index is 12.1. The van der Waals surface area contributed by atoms with E-state index in [0.29, 0.717) is 6.54 Å². The van der Waals surface area contributed by atoms with Crippen molar-refractivity contribution in [2.45, 2.75) is 19.5 Å². The molecule has 7 nitrogen and oxygen atoms in total. The molecule has 1 rings (SSSR count). The molecule has 0 aliphatic rings. The van der Waals surface area contributed by atoms with Crippen molar-refractivity contribution < 1.29 is 18.6 Å². The average molecular weight is 263 g/mol. The highest BCUT2D eigenvalue weighted by atomic mass is 19.3. The lowest BCUT2D eigenvalue weighted by atomic mass is 10.4. The van der Waals surface area contributed by atoms with E-state index in [4.69, 9.17) is 9.84 Å². The minimum atomic E-state index is -2.82. The molecular weight excluding hydrogens is 248 g/mol. The van der Waals surface area contributed by atoms with Gasteiger partial charge in [0.05, 0.1) is 7.11 Å². The van der Waals surface area contributed by atoms with Crippen LogP contribution in [0.2, 0.25) is 0 Å². The number of nitrogens with zero attached hydrogens (tertiary/aromatic N) is 3. The van der Waals surface area contributed by atoms with Crippen molar-refractivity contribution in [3.05, 3.63) is 0 Å². The Balaban J connectivity index is 2.71. The number of aliphatic hydroxyl groups is 1. The number of methoxy groups -OCH3 is 1. The monoisotopic (exact) mass is 263 g/mol. The highest BCUT2D eigenvalue weighted by molar-refractivity contribution is 5.35. The van der Waals surface area contributed by atoms with E-state index in [0.717, 1.165) is 0 Å². The van der Waals surface area contributed by atoms with Crippen LogP contribution in [0.3, 0.4) is 0 Å². The van der Waals surface area contributed by atoms with E-state index in [2.05, 4.69) is 25.6 Å². The molecule has 1 aromatic heterocycles. The summed E-state index contributed by atoms with van der Waals surface area (Å²) in [7, 11) is 1.38. The van der Waals surface area contributed by atoms with Gasteiger partial charge in [0.25, 0.3) is 6.43 Å². The molecule has 0 radical (unpaired) electrons. The molecule has 0 aliphatic carbocycles. The predicted molar refractivity (Wildman–Crippen MR) is 61.0 cm³/mol. The average Bonchev–Trinajstić information content (AvgIpc) is 2.35. The molecule has 102 valence electrons. The van der Waals surface area contributed by atoms with Gasteiger partial charge < -0.3 is 20.5 Å². The molecular formula is C9H15F2N5O2. The summed E-state index contributed by atoms with van der Waals surface area (Å²) in [5.41, 5.74) is 0. The number of halogens is 2. The maximum absolute atomic E-state index is 12.1. The van der Waals surface area contributed by atoms with Crippen LogP contribution in [0.1, 0.15) is 6.92 Å². The van der Waals surface area contributed by atoms with Gasteiger partial charge in [-0.25, -0.2) is 8.78 Å². The third-order valence-electron chi connectivity index (χ3n) is 1.89. The molecule has 0 fully saturated rings. The Kier molecular flexibility index (Phi) is 5.43. The largest absolute Gasteiger partial charge is 0.467 e. The van der Waals surface area contributed by atoms with Gasteiger partial charge in [-0.3, -0.25) is 0 Å². The van der Waals surface area contributed by atoms with Gasteiger partial charge in [-0.2, -0.15) is 15.0 Å². The summed E-state index contributed by atoms with van der Waals surface area (Å²) < 4.78 is 29.0. The molecule has 0 spiro atoms. The molecule has 0 saturated heterocycles. The molecule has 0 amide bonds. The van der Waals surface area contributed by atoms with Crippen molar-refractivity contribution in [1.29, 1.82) is 0 Å². The molecule has 0 aromatic carbocycles. The van der Waals surface area contributed by atoms with E-state index in [9.17, 15) is 8.78 Å². The molecule has 0 saturated carbocycles. The third kappa shape index (κ3) is 4.24. The van der Waals surface area contributed by atoms with E-state index < -0.39 is 12.5 Å². The summed E-state index contributed by atoms with van der Waals surface area (Å²) in [6, 6.07) is 0.0509. The number of alkyl halides is 2. The van der Waals surface area contributed by atoms with E-state index in [-0.39, 0.29) is 24.5 Å². The number of hydrogen-bond acceptors (Lipinski definition) is 7. The van der Waals surface area contributed by atoms with Gasteiger partial charge in [-0.05, 0) is 6.92 Å². The quantitative estimate of drug-likeness (QED) is 0.653. The summed E-state index contributed by atoms with van der Waals surface area (Å²) in [5, 5.41) is 14.3. The lowest BCUT2D eigenvalue weighted by Gasteiger charge is -2.11. The Labute approximate surface area is 103 Å². The first kappa shape index (κ1) is 14.3. The second-order valence-electron chi connectivity index (χ2n) is 3.28. The number of nitrogens with one attached hydrogen (secondary N) is 2. The molecule has 1 aromatic rings. The molecule has 1 heterocycles. The van der Waals surface area contributed by atoms with Crippen molar-refractivity contribution in [1.82, 2.24) is 15.0 Å². The highest BCUT2D eigenvalue weighted by Gasteiger charge is 2.17. The van der Waals surface area contributed by atoms with Crippen molar-refractivity contribution in [3.8, 4) is 6.01 Å². The van der Waals surface area contributed by atoms with Crippen molar-refractivity contribution in [2.75, 3.05) is 30.8 Å². The Morgan fingerprint density at radius 2 is 1.83 bits per heavy atom. The number of aromatic nitrogens is 3. The first-order chi connectivity index (χ1) is 8.56. The van der Waals surface area contributed by atoms with E-state index >= 15 is 0 Å². The van der Waals surface area contributed by atoms with Crippen molar-refractivity contribution >= 4 is 11.9 Å². The van der Waals surface area contributed by atoms with Crippen molar-refractivity contribution in [3.63, 3.8) is 0 Å². The zero-order chi connectivity index (χ0) is 13.5. The molecule has 1 atom stereocenters. The Bertz CT molecular complexity index is 380. The van der Waals surface area contributed by atoms with Crippen LogP contribution in [0.25, 0.3) is 0 Å². The van der Waals surface area contributed by atoms with E-state index in [1.165, 1.54) is 7.11 Å². The zero-order valence-corrected chi connectivity index (χ0v) is 10.0. The summed E-state index contributed by atoms with van der Waals surface area (Å²) in [6.07, 6.45) is -4.61. The normalized spacial score (nSPS) is 12.3. The second kappa shape index (κ2) is 6.84. The molecule has 3 N–H and O–H groups in total. The molecule has 0 bridgehead atoms. The molecule has 9 heteroatoms. The van der Waals surface area contributed by atoms with Gasteiger partial charge in [0.2, 0.25) is 11.9 Å². The first-order valence-corrected chi connectivity index (χ1v) is 5.30. The number of ether oxygens (including phenoxy) is 1. The Morgan fingerprint density at radius 1 is 1.22 bits per heavy atom. The second-order valence-corrected chi connectivity index (χ2v) is 3.28.